The van der Waals surface area contributed by atoms with Crippen LogP contribution in [0, 0.1) is 5.41 Å². The summed E-state index contributed by atoms with van der Waals surface area (Å²) in [6.07, 6.45) is 3.00. The van der Waals surface area contributed by atoms with E-state index in [1.165, 1.54) is 0 Å². The van der Waals surface area contributed by atoms with Crippen LogP contribution in [0.2, 0.25) is 0 Å². The molecule has 6 heteroatoms. The topological polar surface area (TPSA) is 61.4 Å². The number of likely N-dealkylation sites (N-methyl/N-ethyl adjacent to an activating group) is 1. The van der Waals surface area contributed by atoms with E-state index in [9.17, 15) is 8.42 Å². The van der Waals surface area contributed by atoms with Crippen molar-refractivity contribution in [2.45, 2.75) is 66.0 Å². The van der Waals surface area contributed by atoms with Gasteiger partial charge in [-0.1, -0.05) is 34.1 Å². The molecule has 1 aliphatic heterocycles. The van der Waals surface area contributed by atoms with Gasteiger partial charge in [0, 0.05) is 25.2 Å². The van der Waals surface area contributed by atoms with Gasteiger partial charge in [0.15, 0.2) is 0 Å². The third-order valence-electron chi connectivity index (χ3n) is 4.14. The van der Waals surface area contributed by atoms with Gasteiger partial charge in [0.2, 0.25) is 0 Å². The average molecular weight is 305 g/mol. The summed E-state index contributed by atoms with van der Waals surface area (Å²) in [5.41, 5.74) is -0.0833. The van der Waals surface area contributed by atoms with E-state index in [1.54, 1.807) is 4.31 Å². The zero-order chi connectivity index (χ0) is 15.4. The number of hydrogen-bond acceptors (Lipinski definition) is 3. The number of nitrogens with one attached hydrogen (secondary N) is 2. The van der Waals surface area contributed by atoms with Gasteiger partial charge in [0.1, 0.15) is 0 Å². The summed E-state index contributed by atoms with van der Waals surface area (Å²) < 4.78 is 29.7. The van der Waals surface area contributed by atoms with Crippen LogP contribution >= 0.6 is 0 Å². The third kappa shape index (κ3) is 4.98. The van der Waals surface area contributed by atoms with Crippen LogP contribution in [0.15, 0.2) is 0 Å². The highest BCUT2D eigenvalue weighted by Gasteiger charge is 2.34. The molecule has 1 saturated heterocycles. The Labute approximate surface area is 124 Å². The van der Waals surface area contributed by atoms with E-state index in [0.717, 1.165) is 32.4 Å². The van der Waals surface area contributed by atoms with Gasteiger partial charge in [-0.15, -0.1) is 0 Å². The second-order valence-electron chi connectivity index (χ2n) is 6.78. The summed E-state index contributed by atoms with van der Waals surface area (Å²) >= 11 is 0. The van der Waals surface area contributed by atoms with Crippen molar-refractivity contribution in [1.82, 2.24) is 14.3 Å². The van der Waals surface area contributed by atoms with Gasteiger partial charge in [-0.2, -0.15) is 17.4 Å². The molecule has 0 aliphatic carbocycles. The lowest BCUT2D eigenvalue weighted by Gasteiger charge is -2.37. The van der Waals surface area contributed by atoms with E-state index in [2.05, 4.69) is 10.0 Å². The van der Waals surface area contributed by atoms with Crippen LogP contribution in [0.1, 0.15) is 53.9 Å². The molecule has 0 aromatic carbocycles. The Balaban J connectivity index is 2.77. The quantitative estimate of drug-likeness (QED) is 0.785. The fourth-order valence-electron chi connectivity index (χ4n) is 2.27. The summed E-state index contributed by atoms with van der Waals surface area (Å²) in [5.74, 6) is 0. The second kappa shape index (κ2) is 7.20. The molecule has 1 fully saturated rings. The van der Waals surface area contributed by atoms with Crippen LogP contribution in [-0.2, 0) is 10.2 Å². The highest BCUT2D eigenvalue weighted by molar-refractivity contribution is 7.87. The van der Waals surface area contributed by atoms with Gasteiger partial charge >= 0.3 is 0 Å². The average Bonchev–Trinajstić information content (AvgIpc) is 2.35. The van der Waals surface area contributed by atoms with Gasteiger partial charge < -0.3 is 5.32 Å². The summed E-state index contributed by atoms with van der Waals surface area (Å²) in [4.78, 5) is 0. The Morgan fingerprint density at radius 2 is 1.95 bits per heavy atom. The largest absolute Gasteiger partial charge is 0.315 e. The lowest BCUT2D eigenvalue weighted by Crippen LogP contribution is -2.55. The van der Waals surface area contributed by atoms with Crippen molar-refractivity contribution >= 4 is 10.2 Å². The maximum atomic E-state index is 12.6. The lowest BCUT2D eigenvalue weighted by atomic mass is 9.89. The van der Waals surface area contributed by atoms with Crippen molar-refractivity contribution in [3.63, 3.8) is 0 Å². The Morgan fingerprint density at radius 1 is 1.30 bits per heavy atom. The number of rotatable bonds is 6. The molecule has 0 saturated carbocycles. The molecule has 0 spiro atoms. The number of nitrogens with zero attached hydrogens (tertiary/aromatic N) is 1. The molecule has 0 aromatic heterocycles. The summed E-state index contributed by atoms with van der Waals surface area (Å²) in [7, 11) is -3.40. The molecule has 0 radical (unpaired) electrons. The van der Waals surface area contributed by atoms with E-state index in [1.807, 2.05) is 34.6 Å². The van der Waals surface area contributed by atoms with Crippen molar-refractivity contribution in [1.29, 1.82) is 0 Å². The van der Waals surface area contributed by atoms with Crippen molar-refractivity contribution < 1.29 is 8.42 Å². The van der Waals surface area contributed by atoms with Gasteiger partial charge in [-0.25, -0.2) is 0 Å². The molecular formula is C14H31N3O2S. The molecule has 1 heterocycles. The minimum atomic E-state index is -3.40. The van der Waals surface area contributed by atoms with E-state index >= 15 is 0 Å². The Morgan fingerprint density at radius 3 is 2.50 bits per heavy atom. The number of piperidine rings is 1. The molecule has 2 N–H and O–H groups in total. The molecule has 5 nitrogen and oxygen atoms in total. The molecule has 1 rings (SSSR count). The van der Waals surface area contributed by atoms with Crippen molar-refractivity contribution in [3.05, 3.63) is 0 Å². The van der Waals surface area contributed by atoms with Crippen LogP contribution in [0.25, 0.3) is 0 Å². The zero-order valence-electron chi connectivity index (χ0n) is 13.6. The molecule has 120 valence electrons. The van der Waals surface area contributed by atoms with Crippen molar-refractivity contribution in [2.75, 3.05) is 19.6 Å². The minimum absolute atomic E-state index is 0.0772. The van der Waals surface area contributed by atoms with E-state index in [-0.39, 0.29) is 17.5 Å². The molecular weight excluding hydrogens is 274 g/mol. The highest BCUT2D eigenvalue weighted by atomic mass is 32.2. The Bertz CT molecular complexity index is 390. The molecule has 2 atom stereocenters. The Hall–Kier alpha value is -0.170. The maximum Gasteiger partial charge on any atom is 0.280 e. The summed E-state index contributed by atoms with van der Waals surface area (Å²) in [5, 5.41) is 3.27. The van der Waals surface area contributed by atoms with Crippen LogP contribution in [0.3, 0.4) is 0 Å². The highest BCUT2D eigenvalue weighted by Crippen LogP contribution is 2.23. The van der Waals surface area contributed by atoms with E-state index in [0.29, 0.717) is 6.54 Å². The van der Waals surface area contributed by atoms with E-state index in [4.69, 9.17) is 0 Å². The van der Waals surface area contributed by atoms with Crippen LogP contribution in [-0.4, -0.2) is 44.4 Å². The first-order valence-corrected chi connectivity index (χ1v) is 9.12. The van der Waals surface area contributed by atoms with Crippen LogP contribution in [0.4, 0.5) is 0 Å². The summed E-state index contributed by atoms with van der Waals surface area (Å²) in [6.45, 7) is 12.4. The molecule has 1 aliphatic rings. The standard InChI is InChI=1S/C14H31N3O2S/c1-6-15-11-13-9-7-8-10-17(13)20(18,19)16-12(2)14(3,4)5/h12-13,15-16H,6-11H2,1-5H3. The second-order valence-corrected chi connectivity index (χ2v) is 8.43. The van der Waals surface area contributed by atoms with Gasteiger partial charge in [0.25, 0.3) is 10.2 Å². The molecule has 0 amide bonds. The first-order chi connectivity index (χ1) is 9.18. The van der Waals surface area contributed by atoms with Gasteiger partial charge in [-0.3, -0.25) is 0 Å². The zero-order valence-corrected chi connectivity index (χ0v) is 14.4. The lowest BCUT2D eigenvalue weighted by molar-refractivity contribution is 0.236. The van der Waals surface area contributed by atoms with Crippen LogP contribution < -0.4 is 10.0 Å². The monoisotopic (exact) mass is 305 g/mol. The normalized spacial score (nSPS) is 23.8. The predicted molar refractivity (Wildman–Crippen MR) is 83.9 cm³/mol. The fraction of sp³-hybridized carbons (Fsp3) is 1.00. The molecule has 20 heavy (non-hydrogen) atoms. The molecule has 0 bridgehead atoms. The van der Waals surface area contributed by atoms with Gasteiger partial charge in [-0.05, 0) is 31.7 Å². The number of hydrogen-bond donors (Lipinski definition) is 2. The molecule has 0 aromatic rings. The van der Waals surface area contributed by atoms with E-state index < -0.39 is 10.2 Å². The first-order valence-electron chi connectivity index (χ1n) is 7.68. The SMILES string of the molecule is CCNCC1CCCCN1S(=O)(=O)NC(C)C(C)(C)C. The fourth-order valence-corrected chi connectivity index (χ4v) is 4.15. The molecule has 2 unspecified atom stereocenters. The first kappa shape index (κ1) is 17.9. The van der Waals surface area contributed by atoms with Crippen LogP contribution in [0.5, 0.6) is 0 Å². The van der Waals surface area contributed by atoms with Gasteiger partial charge in [0.05, 0.1) is 0 Å². The minimum Gasteiger partial charge on any atom is -0.315 e. The summed E-state index contributed by atoms with van der Waals surface area (Å²) in [6, 6.07) is -0.0115. The maximum absolute atomic E-state index is 12.6. The third-order valence-corrected chi connectivity index (χ3v) is 5.89. The predicted octanol–water partition coefficient (Wildman–Crippen LogP) is 1.72. The smallest absolute Gasteiger partial charge is 0.280 e. The van der Waals surface area contributed by atoms with Crippen molar-refractivity contribution in [3.8, 4) is 0 Å². The Kier molecular flexibility index (Phi) is 6.44. The van der Waals surface area contributed by atoms with Crippen molar-refractivity contribution in [2.24, 2.45) is 5.41 Å².